The van der Waals surface area contributed by atoms with Crippen LogP contribution in [0.5, 0.6) is 5.75 Å². The minimum absolute atomic E-state index is 0.131. The zero-order chi connectivity index (χ0) is 24.1. The second kappa shape index (κ2) is 9.75. The van der Waals surface area contributed by atoms with Crippen LogP contribution in [0.3, 0.4) is 0 Å². The summed E-state index contributed by atoms with van der Waals surface area (Å²) in [5.41, 5.74) is -2.80. The number of nitriles is 1. The van der Waals surface area contributed by atoms with Crippen LogP contribution in [0.25, 0.3) is 0 Å². The van der Waals surface area contributed by atoms with Crippen LogP contribution in [0.15, 0.2) is 52.3 Å². The first-order chi connectivity index (χ1) is 14.9. The molecule has 6 nitrogen and oxygen atoms in total. The van der Waals surface area contributed by atoms with Crippen molar-refractivity contribution >= 4 is 23.2 Å². The monoisotopic (exact) mass is 462 g/mol. The van der Waals surface area contributed by atoms with Gasteiger partial charge in [-0.05, 0) is 44.2 Å². The number of hydrogen-bond acceptors (Lipinski definition) is 6. The Balaban J connectivity index is 2.34. The Morgan fingerprint density at radius 1 is 1.22 bits per heavy atom. The van der Waals surface area contributed by atoms with Crippen molar-refractivity contribution in [3.63, 3.8) is 0 Å². The number of carbonyl (C=O) groups is 1. The predicted molar refractivity (Wildman–Crippen MR) is 111 cm³/mol. The lowest BCUT2D eigenvalue weighted by Crippen LogP contribution is -2.42. The van der Waals surface area contributed by atoms with Crippen molar-refractivity contribution in [2.45, 2.75) is 41.8 Å². The van der Waals surface area contributed by atoms with Crippen LogP contribution < -0.4 is 4.74 Å². The van der Waals surface area contributed by atoms with Gasteiger partial charge in [0.25, 0.3) is 0 Å². The summed E-state index contributed by atoms with van der Waals surface area (Å²) < 4.78 is 43.8. The Hall–Kier alpha value is -3.50. The maximum atomic E-state index is 12.7. The van der Waals surface area contributed by atoms with Gasteiger partial charge in [-0.25, -0.2) is 0 Å². The molecular formula is C22H17F3N2O4S. The van der Waals surface area contributed by atoms with Crippen molar-refractivity contribution in [2.75, 3.05) is 0 Å². The van der Waals surface area contributed by atoms with E-state index in [9.17, 15) is 33.3 Å². The molecule has 32 heavy (non-hydrogen) atoms. The summed E-state index contributed by atoms with van der Waals surface area (Å²) in [4.78, 5) is 24.3. The van der Waals surface area contributed by atoms with Gasteiger partial charge in [-0.15, -0.1) is 12.3 Å². The first-order valence-electron chi connectivity index (χ1n) is 9.09. The molecule has 0 aromatic heterocycles. The number of ketones is 1. The average molecular weight is 462 g/mol. The minimum atomic E-state index is -4.46. The number of nitro benzene ring substituents is 1. The van der Waals surface area contributed by atoms with E-state index in [1.165, 1.54) is 44.2 Å². The number of nitro groups is 1. The van der Waals surface area contributed by atoms with E-state index in [0.29, 0.717) is 9.79 Å². The van der Waals surface area contributed by atoms with Crippen molar-refractivity contribution in [2.24, 2.45) is 5.92 Å². The van der Waals surface area contributed by atoms with Crippen molar-refractivity contribution in [3.05, 3.63) is 58.1 Å². The number of nitrogens with zero attached hydrogens (tertiary/aromatic N) is 2. The molecule has 0 spiro atoms. The van der Waals surface area contributed by atoms with Gasteiger partial charge in [-0.2, -0.15) is 18.4 Å². The van der Waals surface area contributed by atoms with Crippen LogP contribution in [0.2, 0.25) is 0 Å². The Morgan fingerprint density at radius 2 is 1.81 bits per heavy atom. The molecular weight excluding hydrogens is 445 g/mol. The van der Waals surface area contributed by atoms with Crippen molar-refractivity contribution in [1.82, 2.24) is 0 Å². The standard InChI is InChI=1S/C22H17F3N2O4S/c1-4-5-14(13-26)20(28)21(2,3)31-19-12-17(10-11-18(19)27(29)30)32-16-8-6-15(7-9-16)22(23,24)25/h1,6-12,14H,5H2,2-3H3. The van der Waals surface area contributed by atoms with Crippen molar-refractivity contribution < 1.29 is 27.6 Å². The van der Waals surface area contributed by atoms with Gasteiger partial charge in [-0.1, -0.05) is 11.8 Å². The second-order valence-corrected chi connectivity index (χ2v) is 8.22. The summed E-state index contributed by atoms with van der Waals surface area (Å²) >= 11 is 1.06. The third-order valence-corrected chi connectivity index (χ3v) is 5.30. The molecule has 0 bridgehead atoms. The first-order valence-corrected chi connectivity index (χ1v) is 9.90. The van der Waals surface area contributed by atoms with Crippen LogP contribution in [0, 0.1) is 39.7 Å². The number of carbonyl (C=O) groups excluding carboxylic acids is 1. The van der Waals surface area contributed by atoms with E-state index in [2.05, 4.69) is 5.92 Å². The lowest BCUT2D eigenvalue weighted by molar-refractivity contribution is -0.386. The summed E-state index contributed by atoms with van der Waals surface area (Å²) in [6.07, 6.45) is 0.587. The normalized spacial score (nSPS) is 12.3. The van der Waals surface area contributed by atoms with E-state index in [0.717, 1.165) is 23.9 Å². The lowest BCUT2D eigenvalue weighted by atomic mass is 9.90. The topological polar surface area (TPSA) is 93.2 Å². The fourth-order valence-corrected chi connectivity index (χ4v) is 3.54. The van der Waals surface area contributed by atoms with Gasteiger partial charge >= 0.3 is 11.9 Å². The molecule has 0 amide bonds. The minimum Gasteiger partial charge on any atom is -0.473 e. The Morgan fingerprint density at radius 3 is 2.31 bits per heavy atom. The maximum absolute atomic E-state index is 12.7. The molecule has 0 heterocycles. The Labute approximate surface area is 186 Å². The molecule has 0 saturated heterocycles. The van der Waals surface area contributed by atoms with Gasteiger partial charge in [0.05, 0.1) is 16.6 Å². The largest absolute Gasteiger partial charge is 0.473 e. The zero-order valence-electron chi connectivity index (χ0n) is 17.0. The highest BCUT2D eigenvalue weighted by molar-refractivity contribution is 7.99. The molecule has 0 aliphatic heterocycles. The molecule has 2 aromatic rings. The van der Waals surface area contributed by atoms with E-state index in [4.69, 9.17) is 11.2 Å². The average Bonchev–Trinajstić information content (AvgIpc) is 2.71. The van der Waals surface area contributed by atoms with Gasteiger partial charge in [0, 0.05) is 28.3 Å². The fraction of sp³-hybridized carbons (Fsp3) is 0.273. The van der Waals surface area contributed by atoms with Crippen LogP contribution in [0.1, 0.15) is 25.8 Å². The van der Waals surface area contributed by atoms with Crippen LogP contribution in [-0.4, -0.2) is 16.3 Å². The van der Waals surface area contributed by atoms with E-state index < -0.39 is 39.7 Å². The number of benzene rings is 2. The van der Waals surface area contributed by atoms with E-state index >= 15 is 0 Å². The summed E-state index contributed by atoms with van der Waals surface area (Å²) in [5.74, 6) is 0.243. The van der Waals surface area contributed by atoms with E-state index in [1.54, 1.807) is 6.07 Å². The van der Waals surface area contributed by atoms with Gasteiger partial charge in [0.2, 0.25) is 0 Å². The number of ether oxygens (including phenoxy) is 1. The number of Topliss-reactive ketones (excluding diaryl/α,β-unsaturated/α-hetero) is 1. The van der Waals surface area contributed by atoms with Gasteiger partial charge < -0.3 is 4.74 Å². The molecule has 1 atom stereocenters. The van der Waals surface area contributed by atoms with Gasteiger partial charge in [-0.3, -0.25) is 14.9 Å². The molecule has 166 valence electrons. The zero-order valence-corrected chi connectivity index (χ0v) is 17.8. The Kier molecular flexibility index (Phi) is 7.55. The summed E-state index contributed by atoms with van der Waals surface area (Å²) in [6.45, 7) is 2.74. The number of rotatable bonds is 8. The summed E-state index contributed by atoms with van der Waals surface area (Å²) in [6, 6.07) is 10.1. The van der Waals surface area contributed by atoms with Crippen molar-refractivity contribution in [3.8, 4) is 24.2 Å². The maximum Gasteiger partial charge on any atom is 0.416 e. The van der Waals surface area contributed by atoms with Gasteiger partial charge in [0.1, 0.15) is 5.92 Å². The highest BCUT2D eigenvalue weighted by Crippen LogP contribution is 2.38. The molecule has 10 heteroatoms. The second-order valence-electron chi connectivity index (χ2n) is 7.08. The highest BCUT2D eigenvalue weighted by atomic mass is 32.2. The third-order valence-electron chi connectivity index (χ3n) is 4.30. The summed E-state index contributed by atoms with van der Waals surface area (Å²) in [7, 11) is 0. The highest BCUT2D eigenvalue weighted by Gasteiger charge is 2.37. The van der Waals surface area contributed by atoms with Crippen molar-refractivity contribution in [1.29, 1.82) is 5.26 Å². The molecule has 0 fully saturated rings. The molecule has 0 radical (unpaired) electrons. The van der Waals surface area contributed by atoms with E-state index in [1.807, 2.05) is 0 Å². The van der Waals surface area contributed by atoms with Crippen LogP contribution in [0.4, 0.5) is 18.9 Å². The van der Waals surface area contributed by atoms with Gasteiger partial charge in [0.15, 0.2) is 17.1 Å². The molecule has 2 rings (SSSR count). The van der Waals surface area contributed by atoms with Crippen LogP contribution >= 0.6 is 11.8 Å². The first kappa shape index (κ1) is 24.8. The predicted octanol–water partition coefficient (Wildman–Crippen LogP) is 5.65. The molecule has 0 N–H and O–H groups in total. The Bertz CT molecular complexity index is 1100. The molecule has 1 unspecified atom stereocenters. The number of halogens is 3. The molecule has 2 aromatic carbocycles. The molecule has 0 aliphatic carbocycles. The van der Waals surface area contributed by atoms with E-state index in [-0.39, 0.29) is 12.2 Å². The SMILES string of the molecule is C#CCC(C#N)C(=O)C(C)(C)Oc1cc(Sc2ccc(C(F)(F)F)cc2)ccc1[N+](=O)[O-]. The van der Waals surface area contributed by atoms with Crippen LogP contribution in [-0.2, 0) is 11.0 Å². The number of alkyl halides is 3. The molecule has 0 saturated carbocycles. The smallest absolute Gasteiger partial charge is 0.416 e. The fourth-order valence-electron chi connectivity index (χ4n) is 2.70. The lowest BCUT2D eigenvalue weighted by Gasteiger charge is -2.26. The molecule has 0 aliphatic rings. The third kappa shape index (κ3) is 6.02. The number of terminal acetylenes is 1. The summed E-state index contributed by atoms with van der Waals surface area (Å²) in [5, 5.41) is 20.6. The number of hydrogen-bond donors (Lipinski definition) is 0. The quantitative estimate of drug-likeness (QED) is 0.286.